The van der Waals surface area contributed by atoms with Gasteiger partial charge in [0.05, 0.1) is 6.54 Å². The van der Waals surface area contributed by atoms with Gasteiger partial charge in [0.2, 0.25) is 5.91 Å². The number of halogens is 3. The Balaban J connectivity index is 1.79. The first-order chi connectivity index (χ1) is 12.6. The third-order valence-electron chi connectivity index (χ3n) is 4.40. The van der Waals surface area contributed by atoms with Crippen molar-refractivity contribution in [2.24, 2.45) is 10.9 Å². The zero-order valence-corrected chi connectivity index (χ0v) is 16.0. The summed E-state index contributed by atoms with van der Waals surface area (Å²) in [7, 11) is -5.27. The summed E-state index contributed by atoms with van der Waals surface area (Å²) in [5.41, 5.74) is -5.27. The summed E-state index contributed by atoms with van der Waals surface area (Å²) in [6, 6.07) is -0.177. The van der Waals surface area contributed by atoms with Gasteiger partial charge in [-0.05, 0) is 32.6 Å². The van der Waals surface area contributed by atoms with Crippen LogP contribution in [-0.4, -0.2) is 68.9 Å². The lowest BCUT2D eigenvalue weighted by atomic mass is 10.1. The molecule has 0 aromatic carbocycles. The highest BCUT2D eigenvalue weighted by Crippen LogP contribution is 2.29. The topological polar surface area (TPSA) is 103 Å². The van der Waals surface area contributed by atoms with E-state index in [4.69, 9.17) is 0 Å². The van der Waals surface area contributed by atoms with Crippen molar-refractivity contribution in [2.45, 2.75) is 44.2 Å². The van der Waals surface area contributed by atoms with Crippen LogP contribution in [0.1, 0.15) is 32.6 Å². The number of aliphatic imine (C=N–C) groups is 1. The average molecular weight is 413 g/mol. The number of rotatable bonds is 7. The van der Waals surface area contributed by atoms with Crippen molar-refractivity contribution in [3.8, 4) is 0 Å². The molecule has 0 radical (unpaired) electrons. The summed E-state index contributed by atoms with van der Waals surface area (Å²) in [5, 5.41) is 8.95. The van der Waals surface area contributed by atoms with Gasteiger partial charge in [-0.25, -0.2) is 8.42 Å². The lowest BCUT2D eigenvalue weighted by Crippen LogP contribution is -2.51. The molecule has 8 nitrogen and oxygen atoms in total. The van der Waals surface area contributed by atoms with E-state index in [0.29, 0.717) is 29.9 Å². The van der Waals surface area contributed by atoms with E-state index in [2.05, 4.69) is 20.9 Å². The van der Waals surface area contributed by atoms with E-state index in [9.17, 15) is 26.4 Å². The fourth-order valence-corrected chi connectivity index (χ4v) is 3.72. The molecule has 2 rings (SSSR count). The molecule has 27 heavy (non-hydrogen) atoms. The SMILES string of the molecule is CCNC(=NCCNC(=O)C1CC1)NC1CCN(S(=O)(=O)C(F)(F)F)CC1. The number of nitrogens with one attached hydrogen (secondary N) is 3. The molecule has 1 aliphatic carbocycles. The van der Waals surface area contributed by atoms with Crippen LogP contribution in [0.4, 0.5) is 13.2 Å². The normalized spacial score (nSPS) is 20.4. The van der Waals surface area contributed by atoms with Gasteiger partial charge in [-0.1, -0.05) is 0 Å². The molecule has 12 heteroatoms. The van der Waals surface area contributed by atoms with Gasteiger partial charge in [-0.2, -0.15) is 17.5 Å². The predicted octanol–water partition coefficient (Wildman–Crippen LogP) is 0.382. The van der Waals surface area contributed by atoms with Gasteiger partial charge < -0.3 is 16.0 Å². The quantitative estimate of drug-likeness (QED) is 0.318. The highest BCUT2D eigenvalue weighted by Gasteiger charge is 2.50. The molecule has 0 bridgehead atoms. The molecule has 0 aromatic heterocycles. The van der Waals surface area contributed by atoms with E-state index in [-0.39, 0.29) is 43.8 Å². The van der Waals surface area contributed by atoms with Crippen molar-refractivity contribution in [2.75, 3.05) is 32.7 Å². The number of hydrogen-bond acceptors (Lipinski definition) is 4. The Morgan fingerprint density at radius 1 is 1.15 bits per heavy atom. The third-order valence-corrected chi connectivity index (χ3v) is 6.03. The van der Waals surface area contributed by atoms with E-state index >= 15 is 0 Å². The van der Waals surface area contributed by atoms with Crippen molar-refractivity contribution in [3.05, 3.63) is 0 Å². The minimum atomic E-state index is -5.27. The number of carbonyl (C=O) groups excluding carboxylic acids is 1. The largest absolute Gasteiger partial charge is 0.511 e. The monoisotopic (exact) mass is 413 g/mol. The standard InChI is InChI=1S/C15H26F3N5O3S/c1-2-19-14(21-8-7-20-13(24)11-3-4-11)22-12-5-9-23(10-6-12)27(25,26)15(16,17)18/h11-12H,2-10H2,1H3,(H,20,24)(H2,19,21,22). The maximum Gasteiger partial charge on any atom is 0.511 e. The molecule has 0 unspecified atom stereocenters. The van der Waals surface area contributed by atoms with E-state index in [0.717, 1.165) is 12.8 Å². The number of piperidine rings is 1. The van der Waals surface area contributed by atoms with E-state index in [1.165, 1.54) is 0 Å². The number of guanidine groups is 1. The first-order valence-corrected chi connectivity index (χ1v) is 10.5. The van der Waals surface area contributed by atoms with Crippen LogP contribution in [0.25, 0.3) is 0 Å². The van der Waals surface area contributed by atoms with Gasteiger partial charge in [-0.15, -0.1) is 0 Å². The summed E-state index contributed by atoms with van der Waals surface area (Å²) in [6.07, 6.45) is 2.36. The third kappa shape index (κ3) is 6.23. The number of amides is 1. The number of nitrogens with zero attached hydrogens (tertiary/aromatic N) is 2. The summed E-state index contributed by atoms with van der Waals surface area (Å²) in [4.78, 5) is 15.9. The zero-order chi connectivity index (χ0) is 20.1. The minimum absolute atomic E-state index is 0.0430. The van der Waals surface area contributed by atoms with Crippen LogP contribution in [0.15, 0.2) is 4.99 Å². The molecule has 2 aliphatic rings. The first kappa shape index (κ1) is 21.7. The van der Waals surface area contributed by atoms with Crippen LogP contribution in [0.3, 0.4) is 0 Å². The second-order valence-corrected chi connectivity index (χ2v) is 8.52. The molecule has 156 valence electrons. The van der Waals surface area contributed by atoms with Crippen LogP contribution in [0.5, 0.6) is 0 Å². The Morgan fingerprint density at radius 3 is 2.30 bits per heavy atom. The molecule has 3 N–H and O–H groups in total. The van der Waals surface area contributed by atoms with Gasteiger partial charge >= 0.3 is 15.5 Å². The highest BCUT2D eigenvalue weighted by atomic mass is 32.2. The van der Waals surface area contributed by atoms with Crippen LogP contribution in [0, 0.1) is 5.92 Å². The molecule has 0 aromatic rings. The Kier molecular flexibility index (Phi) is 7.32. The molecular weight excluding hydrogens is 387 g/mol. The summed E-state index contributed by atoms with van der Waals surface area (Å²) in [5.74, 6) is 0.676. The van der Waals surface area contributed by atoms with Gasteiger partial charge in [-0.3, -0.25) is 9.79 Å². The molecule has 0 atom stereocenters. The van der Waals surface area contributed by atoms with E-state index in [1.807, 2.05) is 6.92 Å². The Bertz CT molecular complexity index is 642. The highest BCUT2D eigenvalue weighted by molar-refractivity contribution is 7.90. The maximum atomic E-state index is 12.6. The number of alkyl halides is 3. The van der Waals surface area contributed by atoms with E-state index in [1.54, 1.807) is 0 Å². The minimum Gasteiger partial charge on any atom is -0.357 e. The molecule has 1 saturated carbocycles. The predicted molar refractivity (Wildman–Crippen MR) is 94.4 cm³/mol. The fourth-order valence-electron chi connectivity index (χ4n) is 2.74. The van der Waals surface area contributed by atoms with Gasteiger partial charge in [0.25, 0.3) is 0 Å². The smallest absolute Gasteiger partial charge is 0.357 e. The van der Waals surface area contributed by atoms with Gasteiger partial charge in [0.1, 0.15) is 0 Å². The van der Waals surface area contributed by atoms with Crippen LogP contribution in [-0.2, 0) is 14.8 Å². The molecule has 1 amide bonds. The second kappa shape index (κ2) is 9.09. The Labute approximate surface area is 157 Å². The first-order valence-electron chi connectivity index (χ1n) is 9.04. The summed E-state index contributed by atoms with van der Waals surface area (Å²) in [6.45, 7) is 2.86. The number of hydrogen-bond donors (Lipinski definition) is 3. The zero-order valence-electron chi connectivity index (χ0n) is 15.2. The molecule has 1 aliphatic heterocycles. The van der Waals surface area contributed by atoms with Crippen molar-refractivity contribution < 1.29 is 26.4 Å². The summed E-state index contributed by atoms with van der Waals surface area (Å²) >= 11 is 0. The van der Waals surface area contributed by atoms with Crippen LogP contribution in [0.2, 0.25) is 0 Å². The van der Waals surface area contributed by atoms with Crippen molar-refractivity contribution in [1.29, 1.82) is 0 Å². The maximum absolute atomic E-state index is 12.6. The summed E-state index contributed by atoms with van der Waals surface area (Å²) < 4.78 is 61.1. The Morgan fingerprint density at radius 2 is 1.78 bits per heavy atom. The van der Waals surface area contributed by atoms with Crippen LogP contribution >= 0.6 is 0 Å². The van der Waals surface area contributed by atoms with Crippen molar-refractivity contribution in [1.82, 2.24) is 20.3 Å². The molecule has 0 spiro atoms. The molecular formula is C15H26F3N5O3S. The second-order valence-electron chi connectivity index (χ2n) is 6.59. The average Bonchev–Trinajstić information content (AvgIpc) is 3.43. The van der Waals surface area contributed by atoms with Gasteiger partial charge in [0, 0.05) is 38.1 Å². The van der Waals surface area contributed by atoms with E-state index < -0.39 is 15.5 Å². The lowest BCUT2D eigenvalue weighted by Gasteiger charge is -2.32. The molecule has 1 saturated heterocycles. The van der Waals surface area contributed by atoms with Crippen molar-refractivity contribution >= 4 is 21.9 Å². The fraction of sp³-hybridized carbons (Fsp3) is 0.867. The molecule has 1 heterocycles. The molecule has 2 fully saturated rings. The van der Waals surface area contributed by atoms with Crippen LogP contribution < -0.4 is 16.0 Å². The number of sulfonamides is 1. The van der Waals surface area contributed by atoms with Gasteiger partial charge in [0.15, 0.2) is 5.96 Å². The lowest BCUT2D eigenvalue weighted by molar-refractivity contribution is -0.122. The Hall–Kier alpha value is -1.56. The van der Waals surface area contributed by atoms with Crippen molar-refractivity contribution in [3.63, 3.8) is 0 Å². The number of carbonyl (C=O) groups is 1.